The smallest absolute Gasteiger partial charge is 0.115 e. The number of aryl methyl sites for hydroxylation is 3. The normalized spacial score (nSPS) is 11.2. The average molecular weight is 365 g/mol. The molecule has 2 aromatic heterocycles. The molecule has 0 radical (unpaired) electrons. The van der Waals surface area contributed by atoms with Gasteiger partial charge in [0.05, 0.1) is 17.4 Å². The first-order chi connectivity index (χ1) is 10.1. The molecule has 3 nitrogen and oxygen atoms in total. The van der Waals surface area contributed by atoms with Crippen LogP contribution in [-0.2, 0) is 6.42 Å². The maximum Gasteiger partial charge on any atom is 0.115 e. The third-order valence-electron chi connectivity index (χ3n) is 3.52. The summed E-state index contributed by atoms with van der Waals surface area (Å²) in [7, 11) is 0. The summed E-state index contributed by atoms with van der Waals surface area (Å²) < 4.78 is 3.29. The highest BCUT2D eigenvalue weighted by atomic mass is 79.9. The lowest BCUT2D eigenvalue weighted by Gasteiger charge is -2.15. The van der Waals surface area contributed by atoms with Crippen molar-refractivity contribution in [3.8, 4) is 5.69 Å². The third kappa shape index (κ3) is 2.58. The number of pyridine rings is 1. The maximum atomic E-state index is 5.95. The molecule has 3 rings (SSSR count). The number of hydrogen-bond donors (Lipinski definition) is 0. The van der Waals surface area contributed by atoms with Crippen LogP contribution in [0.5, 0.6) is 0 Å². The van der Waals surface area contributed by atoms with E-state index in [1.807, 2.05) is 6.07 Å². The molecule has 0 N–H and O–H groups in total. The largest absolute Gasteiger partial charge is 0.296 e. The van der Waals surface area contributed by atoms with E-state index in [1.54, 1.807) is 12.4 Å². The molecule has 0 spiro atoms. The molecule has 0 amide bonds. The Morgan fingerprint density at radius 1 is 1.24 bits per heavy atom. The Hall–Kier alpha value is -1.39. The lowest BCUT2D eigenvalue weighted by Crippen LogP contribution is -2.06. The van der Waals surface area contributed by atoms with E-state index in [0.29, 0.717) is 5.88 Å². The lowest BCUT2D eigenvalue weighted by atomic mass is 10.1. The second-order valence-corrected chi connectivity index (χ2v) is 6.35. The van der Waals surface area contributed by atoms with Crippen molar-refractivity contribution in [3.63, 3.8) is 0 Å². The van der Waals surface area contributed by atoms with Crippen molar-refractivity contribution in [2.24, 2.45) is 0 Å². The van der Waals surface area contributed by atoms with Gasteiger partial charge in [-0.2, -0.15) is 0 Å². The van der Waals surface area contributed by atoms with Crippen molar-refractivity contribution in [1.82, 2.24) is 14.5 Å². The zero-order valence-corrected chi connectivity index (χ0v) is 14.2. The van der Waals surface area contributed by atoms with Gasteiger partial charge in [-0.3, -0.25) is 9.55 Å². The lowest BCUT2D eigenvalue weighted by molar-refractivity contribution is 0.900. The molecule has 0 fully saturated rings. The van der Waals surface area contributed by atoms with Gasteiger partial charge in [0.2, 0.25) is 0 Å². The SMILES string of the molecule is Cc1cc(Br)cc(C)c1-n1c(CCCl)nc2cnccc21. The second kappa shape index (κ2) is 5.78. The molecule has 0 saturated carbocycles. The number of aromatic nitrogens is 3. The standard InChI is InChI=1S/C16H15BrClN3/c1-10-7-12(17)8-11(2)16(10)21-14-4-6-19-9-13(14)20-15(21)3-5-18/h4,6-9H,3,5H2,1-2H3. The van der Waals surface area contributed by atoms with Gasteiger partial charge in [0.1, 0.15) is 11.3 Å². The quantitative estimate of drug-likeness (QED) is 0.637. The van der Waals surface area contributed by atoms with Crippen molar-refractivity contribution in [2.45, 2.75) is 20.3 Å². The second-order valence-electron chi connectivity index (χ2n) is 5.06. The number of rotatable bonds is 3. The molecule has 3 aromatic rings. The van der Waals surface area contributed by atoms with Crippen LogP contribution in [0.25, 0.3) is 16.7 Å². The van der Waals surface area contributed by atoms with E-state index < -0.39 is 0 Å². The summed E-state index contributed by atoms with van der Waals surface area (Å²) >= 11 is 9.50. The molecule has 0 aliphatic rings. The topological polar surface area (TPSA) is 30.7 Å². The van der Waals surface area contributed by atoms with Crippen molar-refractivity contribution in [2.75, 3.05) is 5.88 Å². The van der Waals surface area contributed by atoms with Crippen LogP contribution in [0.2, 0.25) is 0 Å². The maximum absolute atomic E-state index is 5.95. The van der Waals surface area contributed by atoms with Gasteiger partial charge >= 0.3 is 0 Å². The Kier molecular flexibility index (Phi) is 4.00. The van der Waals surface area contributed by atoms with E-state index in [-0.39, 0.29) is 0 Å². The van der Waals surface area contributed by atoms with Crippen LogP contribution < -0.4 is 0 Å². The van der Waals surface area contributed by atoms with Gasteiger partial charge in [-0.1, -0.05) is 15.9 Å². The molecule has 0 bridgehead atoms. The number of halogens is 2. The summed E-state index contributed by atoms with van der Waals surface area (Å²) in [6.07, 6.45) is 4.33. The molecule has 1 aromatic carbocycles. The molecule has 0 aliphatic heterocycles. The van der Waals surface area contributed by atoms with Gasteiger partial charge in [-0.25, -0.2) is 4.98 Å². The predicted octanol–water partition coefficient (Wildman–Crippen LogP) is 4.58. The van der Waals surface area contributed by atoms with Crippen molar-refractivity contribution in [1.29, 1.82) is 0 Å². The summed E-state index contributed by atoms with van der Waals surface area (Å²) in [5.74, 6) is 1.52. The first-order valence-corrected chi connectivity index (χ1v) is 8.09. The number of hydrogen-bond acceptors (Lipinski definition) is 2. The first-order valence-electron chi connectivity index (χ1n) is 6.76. The van der Waals surface area contributed by atoms with Crippen molar-refractivity contribution < 1.29 is 0 Å². The highest BCUT2D eigenvalue weighted by Crippen LogP contribution is 2.29. The first kappa shape index (κ1) is 14.5. The van der Waals surface area contributed by atoms with Crippen LogP contribution in [0.3, 0.4) is 0 Å². The van der Waals surface area contributed by atoms with Crippen molar-refractivity contribution in [3.05, 3.63) is 52.0 Å². The van der Waals surface area contributed by atoms with Gasteiger partial charge in [0.15, 0.2) is 0 Å². The van der Waals surface area contributed by atoms with Crippen LogP contribution in [0.4, 0.5) is 0 Å². The summed E-state index contributed by atoms with van der Waals surface area (Å²) in [5, 5.41) is 0. The average Bonchev–Trinajstić information content (AvgIpc) is 2.77. The minimum atomic E-state index is 0.547. The van der Waals surface area contributed by atoms with Crippen LogP contribution in [0.1, 0.15) is 17.0 Å². The van der Waals surface area contributed by atoms with E-state index in [1.165, 1.54) is 16.8 Å². The van der Waals surface area contributed by atoms with Crippen molar-refractivity contribution >= 4 is 38.6 Å². The summed E-state index contributed by atoms with van der Waals surface area (Å²) in [6.45, 7) is 4.23. The molecule has 0 unspecified atom stereocenters. The Morgan fingerprint density at radius 2 is 1.95 bits per heavy atom. The number of alkyl halides is 1. The minimum absolute atomic E-state index is 0.547. The van der Waals surface area contributed by atoms with Crippen LogP contribution >= 0.6 is 27.5 Å². The molecular formula is C16H15BrClN3. The number of fused-ring (bicyclic) bond motifs is 1. The molecule has 0 aliphatic carbocycles. The summed E-state index contributed by atoms with van der Waals surface area (Å²) in [4.78, 5) is 8.85. The molecular weight excluding hydrogens is 350 g/mol. The predicted molar refractivity (Wildman–Crippen MR) is 90.5 cm³/mol. The van der Waals surface area contributed by atoms with E-state index in [0.717, 1.165) is 27.8 Å². The van der Waals surface area contributed by atoms with Gasteiger partial charge in [-0.15, -0.1) is 11.6 Å². The van der Waals surface area contributed by atoms with E-state index >= 15 is 0 Å². The van der Waals surface area contributed by atoms with Gasteiger partial charge in [0.25, 0.3) is 0 Å². The molecule has 21 heavy (non-hydrogen) atoms. The minimum Gasteiger partial charge on any atom is -0.296 e. The summed E-state index contributed by atoms with van der Waals surface area (Å²) in [5.41, 5.74) is 5.55. The van der Waals surface area contributed by atoms with Crippen LogP contribution in [0.15, 0.2) is 35.1 Å². The van der Waals surface area contributed by atoms with E-state index in [4.69, 9.17) is 11.6 Å². The van der Waals surface area contributed by atoms with Gasteiger partial charge in [0, 0.05) is 23.0 Å². The van der Waals surface area contributed by atoms with Crippen LogP contribution in [0, 0.1) is 13.8 Å². The van der Waals surface area contributed by atoms with Gasteiger partial charge < -0.3 is 0 Å². The summed E-state index contributed by atoms with van der Waals surface area (Å²) in [6, 6.07) is 6.25. The Balaban J connectivity index is 2.36. The van der Waals surface area contributed by atoms with E-state index in [9.17, 15) is 0 Å². The monoisotopic (exact) mass is 363 g/mol. The highest BCUT2D eigenvalue weighted by Gasteiger charge is 2.15. The molecule has 5 heteroatoms. The fourth-order valence-corrected chi connectivity index (χ4v) is 3.60. The number of benzene rings is 1. The molecule has 0 atom stereocenters. The zero-order chi connectivity index (χ0) is 15.0. The Labute approximate surface area is 137 Å². The van der Waals surface area contributed by atoms with E-state index in [2.05, 4.69) is 56.4 Å². The highest BCUT2D eigenvalue weighted by molar-refractivity contribution is 9.10. The number of imidazole rings is 1. The molecule has 0 saturated heterocycles. The number of nitrogens with zero attached hydrogens (tertiary/aromatic N) is 3. The Morgan fingerprint density at radius 3 is 2.62 bits per heavy atom. The molecule has 108 valence electrons. The van der Waals surface area contributed by atoms with Gasteiger partial charge in [-0.05, 0) is 43.2 Å². The zero-order valence-electron chi connectivity index (χ0n) is 11.9. The molecule has 2 heterocycles. The Bertz CT molecular complexity index is 787. The fourth-order valence-electron chi connectivity index (χ4n) is 2.74. The fraction of sp³-hybridized carbons (Fsp3) is 0.250. The van der Waals surface area contributed by atoms with Crippen LogP contribution in [-0.4, -0.2) is 20.4 Å². The third-order valence-corrected chi connectivity index (χ3v) is 4.17.